The van der Waals surface area contributed by atoms with Crippen molar-refractivity contribution < 1.29 is 23.1 Å². The van der Waals surface area contributed by atoms with Gasteiger partial charge in [0.05, 0.1) is 12.1 Å². The topological polar surface area (TPSA) is 54.7 Å². The Hall–Kier alpha value is -2.41. The summed E-state index contributed by atoms with van der Waals surface area (Å²) in [6, 6.07) is 10.6. The third-order valence-electron chi connectivity index (χ3n) is 3.69. The van der Waals surface area contributed by atoms with Crippen LogP contribution in [0, 0.1) is 6.92 Å². The zero-order chi connectivity index (χ0) is 16.7. The molecular weight excluding hydrogens is 309 g/mol. The number of aliphatic hydroxyl groups is 1. The smallest absolute Gasteiger partial charge is 0.350 e. The first kappa shape index (κ1) is 15.5. The number of oxime groups is 1. The van der Waals surface area contributed by atoms with Crippen molar-refractivity contribution in [3.8, 4) is 11.1 Å². The van der Waals surface area contributed by atoms with E-state index in [2.05, 4.69) is 15.0 Å². The van der Waals surface area contributed by atoms with Gasteiger partial charge in [-0.1, -0.05) is 35.5 Å². The van der Waals surface area contributed by atoms with Crippen LogP contribution in [0.25, 0.3) is 11.1 Å². The number of aryl methyl sites for hydroxylation is 1. The fourth-order valence-corrected chi connectivity index (χ4v) is 2.36. The van der Waals surface area contributed by atoms with E-state index in [4.69, 9.17) is 0 Å². The van der Waals surface area contributed by atoms with E-state index < -0.39 is 18.4 Å². The standard InChI is InChI=1S/C16H13F3N2O2/c1-10-13(3-2-8-20-10)11-4-6-12(7-5-11)14-9-15(22,23-21-14)16(17,18)19/h2-8,22H,9H2,1H3. The average molecular weight is 322 g/mol. The maximum Gasteiger partial charge on any atom is 0.458 e. The van der Waals surface area contributed by atoms with Crippen molar-refractivity contribution in [3.05, 3.63) is 53.9 Å². The third-order valence-corrected chi connectivity index (χ3v) is 3.69. The van der Waals surface area contributed by atoms with Crippen molar-refractivity contribution in [2.24, 2.45) is 5.16 Å². The summed E-state index contributed by atoms with van der Waals surface area (Å²) in [6.07, 6.45) is -3.94. The molecule has 1 N–H and O–H groups in total. The molecule has 0 saturated carbocycles. The summed E-state index contributed by atoms with van der Waals surface area (Å²) in [7, 11) is 0. The first-order valence-electron chi connectivity index (χ1n) is 6.87. The van der Waals surface area contributed by atoms with Crippen LogP contribution in [0.3, 0.4) is 0 Å². The van der Waals surface area contributed by atoms with Crippen LogP contribution in [0.15, 0.2) is 47.8 Å². The zero-order valence-corrected chi connectivity index (χ0v) is 12.1. The first-order valence-corrected chi connectivity index (χ1v) is 6.87. The Morgan fingerprint density at radius 3 is 2.35 bits per heavy atom. The van der Waals surface area contributed by atoms with Gasteiger partial charge >= 0.3 is 12.0 Å². The number of pyridine rings is 1. The van der Waals surface area contributed by atoms with Crippen LogP contribution in [-0.2, 0) is 4.84 Å². The van der Waals surface area contributed by atoms with Crippen molar-refractivity contribution >= 4 is 5.71 Å². The van der Waals surface area contributed by atoms with Crippen molar-refractivity contribution in [2.75, 3.05) is 0 Å². The lowest BCUT2D eigenvalue weighted by molar-refractivity contribution is -0.355. The Bertz CT molecular complexity index is 757. The Labute approximate surface area is 130 Å². The van der Waals surface area contributed by atoms with Crippen LogP contribution in [0.1, 0.15) is 17.7 Å². The van der Waals surface area contributed by atoms with E-state index in [1.807, 2.05) is 19.1 Å². The van der Waals surface area contributed by atoms with Gasteiger partial charge in [-0.25, -0.2) is 0 Å². The van der Waals surface area contributed by atoms with Crippen LogP contribution in [0.4, 0.5) is 13.2 Å². The predicted octanol–water partition coefficient (Wildman–Crippen LogP) is 3.43. The largest absolute Gasteiger partial charge is 0.458 e. The van der Waals surface area contributed by atoms with Crippen LogP contribution >= 0.6 is 0 Å². The summed E-state index contributed by atoms with van der Waals surface area (Å²) in [5.41, 5.74) is 3.21. The van der Waals surface area contributed by atoms with Crippen LogP contribution in [0.2, 0.25) is 0 Å². The second-order valence-corrected chi connectivity index (χ2v) is 5.30. The molecule has 0 radical (unpaired) electrons. The third kappa shape index (κ3) is 2.79. The fraction of sp³-hybridized carbons (Fsp3) is 0.250. The minimum atomic E-state index is -4.90. The highest BCUT2D eigenvalue weighted by molar-refractivity contribution is 6.01. The van der Waals surface area contributed by atoms with Gasteiger partial charge in [-0.15, -0.1) is 0 Å². The van der Waals surface area contributed by atoms with Gasteiger partial charge in [0.15, 0.2) is 0 Å². The number of hydrogen-bond acceptors (Lipinski definition) is 4. The average Bonchev–Trinajstić information content (AvgIpc) is 2.92. The lowest BCUT2D eigenvalue weighted by Crippen LogP contribution is -2.45. The molecule has 1 aliphatic rings. The maximum absolute atomic E-state index is 12.7. The number of alkyl halides is 3. The van der Waals surface area contributed by atoms with E-state index in [9.17, 15) is 18.3 Å². The van der Waals surface area contributed by atoms with E-state index in [-0.39, 0.29) is 5.71 Å². The van der Waals surface area contributed by atoms with Crippen molar-refractivity contribution in [1.29, 1.82) is 0 Å². The molecule has 1 aromatic carbocycles. The van der Waals surface area contributed by atoms with Gasteiger partial charge in [0.1, 0.15) is 0 Å². The van der Waals surface area contributed by atoms with Crippen molar-refractivity contribution in [1.82, 2.24) is 4.98 Å². The maximum atomic E-state index is 12.7. The molecule has 7 heteroatoms. The minimum Gasteiger partial charge on any atom is -0.350 e. The Balaban J connectivity index is 1.83. The number of hydrogen-bond donors (Lipinski definition) is 1. The Kier molecular flexibility index (Phi) is 3.60. The molecule has 120 valence electrons. The molecule has 0 fully saturated rings. The molecule has 4 nitrogen and oxygen atoms in total. The lowest BCUT2D eigenvalue weighted by Gasteiger charge is -2.22. The number of halogens is 3. The summed E-state index contributed by atoms with van der Waals surface area (Å²) in [5, 5.41) is 12.8. The summed E-state index contributed by atoms with van der Waals surface area (Å²) in [4.78, 5) is 8.41. The van der Waals surface area contributed by atoms with Crippen LogP contribution in [-0.4, -0.2) is 27.8 Å². The van der Waals surface area contributed by atoms with E-state index in [0.29, 0.717) is 5.56 Å². The predicted molar refractivity (Wildman–Crippen MR) is 77.7 cm³/mol. The van der Waals surface area contributed by atoms with E-state index in [1.165, 1.54) is 0 Å². The lowest BCUT2D eigenvalue weighted by atomic mass is 9.98. The highest BCUT2D eigenvalue weighted by Crippen LogP contribution is 2.39. The van der Waals surface area contributed by atoms with E-state index in [0.717, 1.165) is 16.8 Å². The molecule has 0 spiro atoms. The molecule has 0 saturated heterocycles. The van der Waals surface area contributed by atoms with Gasteiger partial charge in [-0.3, -0.25) is 4.98 Å². The summed E-state index contributed by atoms with van der Waals surface area (Å²) in [6.45, 7) is 1.88. The van der Waals surface area contributed by atoms with Crippen LogP contribution < -0.4 is 0 Å². The molecule has 0 bridgehead atoms. The highest BCUT2D eigenvalue weighted by atomic mass is 19.4. The number of benzene rings is 1. The number of nitrogens with zero attached hydrogens (tertiary/aromatic N) is 2. The molecule has 1 aromatic heterocycles. The first-order chi connectivity index (χ1) is 10.8. The molecule has 0 aliphatic carbocycles. The van der Waals surface area contributed by atoms with Gasteiger partial charge in [-0.05, 0) is 24.1 Å². The zero-order valence-electron chi connectivity index (χ0n) is 12.1. The summed E-state index contributed by atoms with van der Waals surface area (Å²) in [5.74, 6) is -3.25. The molecule has 3 rings (SSSR count). The molecule has 1 atom stereocenters. The monoisotopic (exact) mass is 322 g/mol. The second-order valence-electron chi connectivity index (χ2n) is 5.30. The molecular formula is C16H13F3N2O2. The van der Waals surface area contributed by atoms with Gasteiger partial charge in [0.2, 0.25) is 0 Å². The molecule has 1 aliphatic heterocycles. The summed E-state index contributed by atoms with van der Waals surface area (Å²) >= 11 is 0. The highest BCUT2D eigenvalue weighted by Gasteiger charge is 2.60. The quantitative estimate of drug-likeness (QED) is 0.921. The van der Waals surface area contributed by atoms with Crippen molar-refractivity contribution in [2.45, 2.75) is 25.3 Å². The fourth-order valence-electron chi connectivity index (χ4n) is 2.36. The molecule has 1 unspecified atom stereocenters. The normalized spacial score (nSPS) is 21.0. The Morgan fingerprint density at radius 2 is 1.78 bits per heavy atom. The second kappa shape index (κ2) is 5.34. The van der Waals surface area contributed by atoms with Gasteiger partial charge in [-0.2, -0.15) is 13.2 Å². The Morgan fingerprint density at radius 1 is 1.13 bits per heavy atom. The van der Waals surface area contributed by atoms with Crippen LogP contribution in [0.5, 0.6) is 0 Å². The molecule has 0 amide bonds. The van der Waals surface area contributed by atoms with Gasteiger partial charge in [0.25, 0.3) is 0 Å². The number of aromatic nitrogens is 1. The molecule has 2 heterocycles. The minimum absolute atomic E-state index is 0.0549. The molecule has 2 aromatic rings. The van der Waals surface area contributed by atoms with Crippen molar-refractivity contribution in [3.63, 3.8) is 0 Å². The van der Waals surface area contributed by atoms with Gasteiger partial charge < -0.3 is 9.94 Å². The SMILES string of the molecule is Cc1ncccc1-c1ccc(C2=NOC(O)(C(F)(F)F)C2)cc1. The molecule has 23 heavy (non-hydrogen) atoms. The van der Waals surface area contributed by atoms with Gasteiger partial charge in [0, 0.05) is 17.5 Å². The van der Waals surface area contributed by atoms with E-state index in [1.54, 1.807) is 30.5 Å². The number of rotatable bonds is 2. The van der Waals surface area contributed by atoms with E-state index >= 15 is 0 Å². The summed E-state index contributed by atoms with van der Waals surface area (Å²) < 4.78 is 38.1.